The highest BCUT2D eigenvalue weighted by Gasteiger charge is 2.43. The number of amides is 6. The number of esters is 2. The molecule has 0 radical (unpaired) electrons. The Hall–Kier alpha value is -5.36. The molecule has 1 aliphatic heterocycles. The van der Waals surface area contributed by atoms with Crippen LogP contribution in [0, 0.1) is 5.92 Å². The summed E-state index contributed by atoms with van der Waals surface area (Å²) in [6.45, 7) is 13.5. The average Bonchev–Trinajstić information content (AvgIpc) is 3.15. The van der Waals surface area contributed by atoms with Gasteiger partial charge in [0, 0.05) is 41.6 Å². The predicted octanol–water partition coefficient (Wildman–Crippen LogP) is -0.722. The first-order valence-electron chi connectivity index (χ1n) is 18.1. The van der Waals surface area contributed by atoms with Crippen molar-refractivity contribution in [1.82, 2.24) is 30.7 Å². The number of carbonyl (C=O) groups excluding carboxylic acids is 8. The molecular formula is C38H56N6O12. The molecule has 9 atom stereocenters. The summed E-state index contributed by atoms with van der Waals surface area (Å²) in [4.78, 5) is 111. The van der Waals surface area contributed by atoms with Gasteiger partial charge in [0.1, 0.15) is 29.9 Å². The Balaban J connectivity index is 2.75. The van der Waals surface area contributed by atoms with Crippen LogP contribution in [-0.2, 0) is 59.0 Å². The lowest BCUT2D eigenvalue weighted by molar-refractivity contribution is -0.172. The normalized spacial score (nSPS) is 27.0. The number of ether oxygens (including phenoxy) is 3. The molecule has 6 amide bonds. The van der Waals surface area contributed by atoms with Crippen LogP contribution in [0.3, 0.4) is 0 Å². The van der Waals surface area contributed by atoms with Gasteiger partial charge in [-0.3, -0.25) is 28.8 Å². The molecule has 18 heteroatoms. The van der Waals surface area contributed by atoms with Gasteiger partial charge in [-0.05, 0) is 39.2 Å². The second kappa shape index (κ2) is 20.5. The van der Waals surface area contributed by atoms with E-state index in [1.807, 2.05) is 0 Å². The molecule has 310 valence electrons. The zero-order chi connectivity index (χ0) is 42.8. The van der Waals surface area contributed by atoms with Crippen molar-refractivity contribution in [1.29, 1.82) is 0 Å². The van der Waals surface area contributed by atoms with Gasteiger partial charge in [-0.15, -0.1) is 0 Å². The fourth-order valence-corrected chi connectivity index (χ4v) is 5.75. The lowest BCUT2D eigenvalue weighted by Gasteiger charge is -2.37. The third-order valence-electron chi connectivity index (χ3n) is 9.62. The molecule has 1 aromatic carbocycles. The van der Waals surface area contributed by atoms with Gasteiger partial charge in [-0.25, -0.2) is 9.59 Å². The minimum Gasteiger partial charge on any atom is -0.458 e. The van der Waals surface area contributed by atoms with Crippen LogP contribution in [-0.4, -0.2) is 150 Å². The van der Waals surface area contributed by atoms with Crippen LogP contribution < -0.4 is 16.0 Å². The average molecular weight is 789 g/mol. The largest absolute Gasteiger partial charge is 0.458 e. The molecule has 1 fully saturated rings. The Bertz CT molecular complexity index is 1640. The van der Waals surface area contributed by atoms with Crippen molar-refractivity contribution in [3.63, 3.8) is 0 Å². The van der Waals surface area contributed by atoms with E-state index in [4.69, 9.17) is 14.2 Å². The summed E-state index contributed by atoms with van der Waals surface area (Å²) in [6, 6.07) is 1.12. The van der Waals surface area contributed by atoms with E-state index in [2.05, 4.69) is 22.5 Å². The van der Waals surface area contributed by atoms with Crippen LogP contribution in [0.25, 0.3) is 0 Å². The van der Waals surface area contributed by atoms with Gasteiger partial charge < -0.3 is 50.0 Å². The number of nitrogens with zero attached hydrogens (tertiary/aromatic N) is 3. The van der Waals surface area contributed by atoms with E-state index >= 15 is 0 Å². The van der Waals surface area contributed by atoms with Crippen molar-refractivity contribution < 1.29 is 57.7 Å². The first kappa shape index (κ1) is 46.8. The monoisotopic (exact) mass is 788 g/mol. The molecular weight excluding hydrogens is 732 g/mol. The van der Waals surface area contributed by atoms with Crippen molar-refractivity contribution in [3.8, 4) is 0 Å². The Morgan fingerprint density at radius 3 is 2.02 bits per heavy atom. The molecule has 4 N–H and O–H groups in total. The molecule has 0 aliphatic carbocycles. The molecule has 0 aromatic heterocycles. The first-order chi connectivity index (χ1) is 26.0. The van der Waals surface area contributed by atoms with Crippen molar-refractivity contribution in [2.45, 2.75) is 110 Å². The van der Waals surface area contributed by atoms with Crippen LogP contribution in [0.4, 0.5) is 0 Å². The fraction of sp³-hybridized carbons (Fsp3) is 0.579. The van der Waals surface area contributed by atoms with E-state index in [1.54, 1.807) is 44.2 Å². The number of aliphatic hydroxyl groups excluding tert-OH is 1. The van der Waals surface area contributed by atoms with Gasteiger partial charge in [-0.1, -0.05) is 50.8 Å². The number of hydrogen-bond acceptors (Lipinski definition) is 12. The smallest absolute Gasteiger partial charge is 0.333 e. The standard InChI is InChI=1S/C38H56N6O12/c1-19(2)31(46)29-36(51)44(11)30(24(7)54-12)38(53)55-23(6)28(40-25(8)45)37(52)56-27(18-26-16-14-13-15-17-26)35(50)43(10)21(4)32(47)39-20(3)34(49)42(9)22(5)33(48)41-29/h13-17,19-20,22-24,27-31,46H,4,18H2,1-3,5-12H3,(H,39,47)(H,40,45)(H,41,48)/t20-,22-,23+,24+,27?,28+,29-,30-,31+/m0/s1. The fourth-order valence-electron chi connectivity index (χ4n) is 5.75. The lowest BCUT2D eigenvalue weighted by Crippen LogP contribution is -2.62. The summed E-state index contributed by atoms with van der Waals surface area (Å²) in [7, 11) is 5.01. The Morgan fingerprint density at radius 2 is 1.48 bits per heavy atom. The third-order valence-corrected chi connectivity index (χ3v) is 9.62. The topological polar surface area (TPSA) is 230 Å². The predicted molar refractivity (Wildman–Crippen MR) is 201 cm³/mol. The number of benzene rings is 1. The van der Waals surface area contributed by atoms with Gasteiger partial charge >= 0.3 is 11.9 Å². The quantitative estimate of drug-likeness (QED) is 0.198. The van der Waals surface area contributed by atoms with Crippen molar-refractivity contribution in [2.24, 2.45) is 5.92 Å². The number of hydrogen-bond donors (Lipinski definition) is 4. The molecule has 18 nitrogen and oxygen atoms in total. The number of cyclic esters (lactones) is 2. The minimum absolute atomic E-state index is 0.186. The van der Waals surface area contributed by atoms with Crippen LogP contribution in [0.5, 0.6) is 0 Å². The number of aliphatic hydroxyl groups is 1. The molecule has 1 heterocycles. The molecule has 0 saturated carbocycles. The van der Waals surface area contributed by atoms with E-state index in [-0.39, 0.29) is 6.42 Å². The van der Waals surface area contributed by atoms with E-state index in [9.17, 15) is 43.5 Å². The second-order valence-corrected chi connectivity index (χ2v) is 14.2. The second-order valence-electron chi connectivity index (χ2n) is 14.2. The third kappa shape index (κ3) is 11.8. The molecule has 1 aliphatic rings. The van der Waals surface area contributed by atoms with Gasteiger partial charge in [0.15, 0.2) is 18.2 Å². The number of nitrogens with one attached hydrogen (secondary N) is 3. The Kier molecular flexibility index (Phi) is 17.2. The van der Waals surface area contributed by atoms with E-state index in [0.717, 1.165) is 21.6 Å². The van der Waals surface area contributed by atoms with Crippen molar-refractivity contribution in [3.05, 3.63) is 48.2 Å². The summed E-state index contributed by atoms with van der Waals surface area (Å²) in [5, 5.41) is 18.5. The molecule has 1 saturated heterocycles. The number of rotatable bonds is 7. The molecule has 1 unspecified atom stereocenters. The first-order valence-corrected chi connectivity index (χ1v) is 18.1. The number of likely N-dealkylation sites (N-methyl/N-ethyl adjacent to an activating group) is 3. The minimum atomic E-state index is -1.68. The van der Waals surface area contributed by atoms with Gasteiger partial charge in [0.25, 0.3) is 11.8 Å². The lowest BCUT2D eigenvalue weighted by atomic mass is 9.97. The molecule has 0 spiro atoms. The molecule has 2 rings (SSSR count). The van der Waals surface area contributed by atoms with Gasteiger partial charge in [0.05, 0.1) is 12.2 Å². The highest BCUT2D eigenvalue weighted by atomic mass is 16.6. The molecule has 1 aromatic rings. The zero-order valence-corrected chi connectivity index (χ0v) is 33.9. The van der Waals surface area contributed by atoms with Gasteiger partial charge in [-0.2, -0.15) is 0 Å². The molecule has 56 heavy (non-hydrogen) atoms. The van der Waals surface area contributed by atoms with Crippen molar-refractivity contribution >= 4 is 47.4 Å². The number of carbonyl (C=O) groups is 8. The maximum absolute atomic E-state index is 14.1. The van der Waals surface area contributed by atoms with Crippen LogP contribution >= 0.6 is 0 Å². The summed E-state index contributed by atoms with van der Waals surface area (Å²) >= 11 is 0. The maximum Gasteiger partial charge on any atom is 0.333 e. The van der Waals surface area contributed by atoms with Crippen LogP contribution in [0.15, 0.2) is 42.6 Å². The highest BCUT2D eigenvalue weighted by Crippen LogP contribution is 2.19. The SMILES string of the molecule is C=C1C(=O)N[C@@H](C)C(=O)N(C)[C@@H](C)C(=O)N[C@@H]([C@H](O)C(C)C)C(=O)N(C)[C@@H]([C@@H](C)OC)C(=O)O[C@H](C)[C@@H](NC(C)=O)C(=O)OC(Cc2ccccc2)C(=O)N1C. The molecule has 0 bridgehead atoms. The Morgan fingerprint density at radius 1 is 0.893 bits per heavy atom. The van der Waals surface area contributed by atoms with Crippen LogP contribution in [0.2, 0.25) is 0 Å². The summed E-state index contributed by atoms with van der Waals surface area (Å²) in [5.74, 6) is -7.93. The zero-order valence-electron chi connectivity index (χ0n) is 33.9. The van der Waals surface area contributed by atoms with E-state index in [1.165, 1.54) is 55.9 Å². The summed E-state index contributed by atoms with van der Waals surface area (Å²) < 4.78 is 16.8. The summed E-state index contributed by atoms with van der Waals surface area (Å²) in [5.41, 5.74) is 0.135. The maximum atomic E-state index is 14.1. The van der Waals surface area contributed by atoms with E-state index < -0.39 is 114 Å². The van der Waals surface area contributed by atoms with Gasteiger partial charge in [0.2, 0.25) is 23.6 Å². The van der Waals surface area contributed by atoms with Crippen molar-refractivity contribution in [2.75, 3.05) is 28.3 Å². The van der Waals surface area contributed by atoms with E-state index in [0.29, 0.717) is 5.56 Å². The highest BCUT2D eigenvalue weighted by molar-refractivity contribution is 6.01. The summed E-state index contributed by atoms with van der Waals surface area (Å²) in [6.07, 6.45) is -5.79. The van der Waals surface area contributed by atoms with Crippen LogP contribution in [0.1, 0.15) is 54.0 Å². The number of methoxy groups -OCH3 is 1. The Labute approximate surface area is 327 Å².